The number of carboxylic acids is 1. The monoisotopic (exact) mass is 293 g/mol. The van der Waals surface area contributed by atoms with Crippen molar-refractivity contribution in [2.24, 2.45) is 17.8 Å². The van der Waals surface area contributed by atoms with Gasteiger partial charge in [0.25, 0.3) is 0 Å². The van der Waals surface area contributed by atoms with Crippen LogP contribution in [-0.4, -0.2) is 34.0 Å². The summed E-state index contributed by atoms with van der Waals surface area (Å²) in [6.45, 7) is 2.19. The Kier molecular flexibility index (Phi) is 4.23. The number of fused-ring (bicyclic) bond motifs is 1. The van der Waals surface area contributed by atoms with Crippen molar-refractivity contribution in [2.45, 2.75) is 76.8 Å². The largest absolute Gasteiger partial charge is 0.481 e. The first-order valence-electron chi connectivity index (χ1n) is 8.63. The van der Waals surface area contributed by atoms with E-state index in [1.54, 1.807) is 0 Å². The smallest absolute Gasteiger partial charge is 0.306 e. The fraction of sp³-hybridized carbons (Fsp3) is 0.882. The van der Waals surface area contributed by atoms with Crippen molar-refractivity contribution in [1.82, 2.24) is 4.90 Å². The predicted molar refractivity (Wildman–Crippen MR) is 79.8 cm³/mol. The Balaban J connectivity index is 1.64. The van der Waals surface area contributed by atoms with Gasteiger partial charge >= 0.3 is 5.97 Å². The molecule has 118 valence electrons. The molecule has 1 heterocycles. The molecule has 1 N–H and O–H groups in total. The van der Waals surface area contributed by atoms with E-state index in [4.69, 9.17) is 5.11 Å². The standard InChI is InChI=1S/C17H27NO3/c1-11-10-14-4-2-3-5-15(14)18(11)16(19)12-6-8-13(9-7-12)17(20)21/h11-15H,2-10H2,1H3,(H,20,21). The van der Waals surface area contributed by atoms with E-state index in [0.29, 0.717) is 36.8 Å². The van der Waals surface area contributed by atoms with E-state index < -0.39 is 5.97 Å². The van der Waals surface area contributed by atoms with Crippen molar-refractivity contribution in [3.05, 3.63) is 0 Å². The Morgan fingerprint density at radius 2 is 1.57 bits per heavy atom. The molecular formula is C17H27NO3. The first kappa shape index (κ1) is 14.9. The molecule has 0 aromatic heterocycles. The number of hydrogen-bond donors (Lipinski definition) is 1. The van der Waals surface area contributed by atoms with Gasteiger partial charge in [0.2, 0.25) is 5.91 Å². The number of carbonyl (C=O) groups is 2. The molecule has 4 nitrogen and oxygen atoms in total. The number of rotatable bonds is 2. The molecule has 3 fully saturated rings. The maximum Gasteiger partial charge on any atom is 0.306 e. The number of likely N-dealkylation sites (tertiary alicyclic amines) is 1. The Morgan fingerprint density at radius 1 is 0.952 bits per heavy atom. The molecule has 3 unspecified atom stereocenters. The van der Waals surface area contributed by atoms with E-state index in [2.05, 4.69) is 11.8 Å². The normalized spacial score (nSPS) is 39.9. The minimum atomic E-state index is -0.692. The molecule has 1 amide bonds. The highest BCUT2D eigenvalue weighted by Gasteiger charge is 2.44. The molecule has 1 aliphatic heterocycles. The third kappa shape index (κ3) is 2.82. The summed E-state index contributed by atoms with van der Waals surface area (Å²) in [5.74, 6) is 0.188. The molecule has 0 spiro atoms. The van der Waals surface area contributed by atoms with Gasteiger partial charge in [0.15, 0.2) is 0 Å². The number of aliphatic carboxylic acids is 1. The number of hydrogen-bond acceptors (Lipinski definition) is 2. The van der Waals surface area contributed by atoms with Crippen LogP contribution < -0.4 is 0 Å². The van der Waals surface area contributed by atoms with Crippen LogP contribution in [0, 0.1) is 17.8 Å². The van der Waals surface area contributed by atoms with Gasteiger partial charge in [0.1, 0.15) is 0 Å². The maximum absolute atomic E-state index is 12.9. The Hall–Kier alpha value is -1.06. The van der Waals surface area contributed by atoms with Gasteiger partial charge in [-0.3, -0.25) is 9.59 Å². The molecular weight excluding hydrogens is 266 g/mol. The number of carbonyl (C=O) groups excluding carboxylic acids is 1. The van der Waals surface area contributed by atoms with E-state index >= 15 is 0 Å². The summed E-state index contributed by atoms with van der Waals surface area (Å²) >= 11 is 0. The van der Waals surface area contributed by atoms with Gasteiger partial charge in [0.05, 0.1) is 5.92 Å². The second-order valence-electron chi connectivity index (χ2n) is 7.33. The summed E-state index contributed by atoms with van der Waals surface area (Å²) in [6, 6.07) is 0.848. The lowest BCUT2D eigenvalue weighted by Gasteiger charge is -2.37. The van der Waals surface area contributed by atoms with Crippen LogP contribution in [0.1, 0.15) is 64.7 Å². The van der Waals surface area contributed by atoms with Crippen LogP contribution in [0.2, 0.25) is 0 Å². The van der Waals surface area contributed by atoms with E-state index in [1.807, 2.05) is 0 Å². The SMILES string of the molecule is CC1CC2CCCCC2N1C(=O)C1CCC(C(=O)O)CC1. The quantitative estimate of drug-likeness (QED) is 0.851. The van der Waals surface area contributed by atoms with E-state index in [1.165, 1.54) is 32.1 Å². The van der Waals surface area contributed by atoms with Crippen molar-refractivity contribution in [1.29, 1.82) is 0 Å². The van der Waals surface area contributed by atoms with Crippen LogP contribution in [0.4, 0.5) is 0 Å². The summed E-state index contributed by atoms with van der Waals surface area (Å²) in [7, 11) is 0. The molecule has 2 aliphatic carbocycles. The van der Waals surface area contributed by atoms with Crippen molar-refractivity contribution in [3.8, 4) is 0 Å². The molecule has 0 bridgehead atoms. The van der Waals surface area contributed by atoms with Crippen LogP contribution in [0.15, 0.2) is 0 Å². The second kappa shape index (κ2) is 5.98. The summed E-state index contributed by atoms with van der Waals surface area (Å²) in [4.78, 5) is 26.1. The summed E-state index contributed by atoms with van der Waals surface area (Å²) in [5, 5.41) is 9.08. The zero-order valence-corrected chi connectivity index (χ0v) is 13.0. The highest BCUT2D eigenvalue weighted by atomic mass is 16.4. The predicted octanol–water partition coefficient (Wildman–Crippen LogP) is 3.06. The molecule has 21 heavy (non-hydrogen) atoms. The van der Waals surface area contributed by atoms with Crippen molar-refractivity contribution in [2.75, 3.05) is 0 Å². The molecule has 0 radical (unpaired) electrons. The third-order valence-corrected chi connectivity index (χ3v) is 6.03. The lowest BCUT2D eigenvalue weighted by atomic mass is 9.80. The number of carboxylic acid groups (broad SMARTS) is 1. The van der Waals surface area contributed by atoms with Gasteiger partial charge in [-0.05, 0) is 57.8 Å². The van der Waals surface area contributed by atoms with Gasteiger partial charge in [-0.25, -0.2) is 0 Å². The van der Waals surface area contributed by atoms with Crippen molar-refractivity contribution < 1.29 is 14.7 Å². The second-order valence-corrected chi connectivity index (χ2v) is 7.33. The molecule has 3 rings (SSSR count). The summed E-state index contributed by atoms with van der Waals surface area (Å²) < 4.78 is 0. The first-order valence-corrected chi connectivity index (χ1v) is 8.63. The molecule has 3 aliphatic rings. The summed E-state index contributed by atoms with van der Waals surface area (Å²) in [5.41, 5.74) is 0. The molecule has 0 aromatic carbocycles. The first-order chi connectivity index (χ1) is 10.1. The lowest BCUT2D eigenvalue weighted by Crippen LogP contribution is -2.46. The van der Waals surface area contributed by atoms with Gasteiger partial charge < -0.3 is 10.0 Å². The van der Waals surface area contributed by atoms with Crippen molar-refractivity contribution in [3.63, 3.8) is 0 Å². The molecule has 3 atom stereocenters. The number of amides is 1. The minimum absolute atomic E-state index is 0.0729. The fourth-order valence-corrected chi connectivity index (χ4v) is 4.89. The topological polar surface area (TPSA) is 57.6 Å². The molecule has 4 heteroatoms. The maximum atomic E-state index is 12.9. The van der Waals surface area contributed by atoms with Crippen LogP contribution in [-0.2, 0) is 9.59 Å². The van der Waals surface area contributed by atoms with E-state index in [-0.39, 0.29) is 11.8 Å². The number of nitrogens with zero attached hydrogens (tertiary/aromatic N) is 1. The van der Waals surface area contributed by atoms with Gasteiger partial charge in [-0.1, -0.05) is 12.8 Å². The highest BCUT2D eigenvalue weighted by molar-refractivity contribution is 5.80. The Morgan fingerprint density at radius 3 is 2.24 bits per heavy atom. The zero-order valence-electron chi connectivity index (χ0n) is 13.0. The molecule has 1 saturated heterocycles. The Labute approximate surface area is 126 Å². The van der Waals surface area contributed by atoms with E-state index in [9.17, 15) is 9.59 Å². The van der Waals surface area contributed by atoms with Crippen molar-refractivity contribution >= 4 is 11.9 Å². The van der Waals surface area contributed by atoms with Crippen LogP contribution >= 0.6 is 0 Å². The highest BCUT2D eigenvalue weighted by Crippen LogP contribution is 2.41. The van der Waals surface area contributed by atoms with Gasteiger partial charge in [-0.2, -0.15) is 0 Å². The average molecular weight is 293 g/mol. The minimum Gasteiger partial charge on any atom is -0.481 e. The van der Waals surface area contributed by atoms with Gasteiger partial charge in [-0.15, -0.1) is 0 Å². The van der Waals surface area contributed by atoms with Crippen LogP contribution in [0.3, 0.4) is 0 Å². The average Bonchev–Trinajstić information content (AvgIpc) is 2.82. The fourth-order valence-electron chi connectivity index (χ4n) is 4.89. The molecule has 0 aromatic rings. The van der Waals surface area contributed by atoms with E-state index in [0.717, 1.165) is 12.8 Å². The van der Waals surface area contributed by atoms with Crippen LogP contribution in [0.25, 0.3) is 0 Å². The van der Waals surface area contributed by atoms with Crippen LogP contribution in [0.5, 0.6) is 0 Å². The Bertz CT molecular complexity index is 414. The lowest BCUT2D eigenvalue weighted by molar-refractivity contribution is -0.146. The third-order valence-electron chi connectivity index (χ3n) is 6.03. The zero-order chi connectivity index (χ0) is 15.0. The summed E-state index contributed by atoms with van der Waals surface area (Å²) in [6.07, 6.45) is 9.05. The van der Waals surface area contributed by atoms with Gasteiger partial charge in [0, 0.05) is 18.0 Å². The molecule has 2 saturated carbocycles.